The first-order valence-corrected chi connectivity index (χ1v) is 6.95. The van der Waals surface area contributed by atoms with Crippen LogP contribution in [0, 0.1) is 0 Å². The molecule has 2 rings (SSSR count). The third-order valence-corrected chi connectivity index (χ3v) is 4.00. The van der Waals surface area contributed by atoms with E-state index in [4.69, 9.17) is 0 Å². The third kappa shape index (κ3) is 2.94. The fraction of sp³-hybridized carbons (Fsp3) is 0.231. The molecule has 16 heavy (non-hydrogen) atoms. The molecule has 3 heteroatoms. The molecule has 0 spiro atoms. The lowest BCUT2D eigenvalue weighted by Crippen LogP contribution is -2.09. The third-order valence-electron chi connectivity index (χ3n) is 2.45. The molecule has 0 aliphatic heterocycles. The summed E-state index contributed by atoms with van der Waals surface area (Å²) in [5.41, 5.74) is 2.71. The smallest absolute Gasteiger partial charge is 0.0345 e. The van der Waals surface area contributed by atoms with E-state index < -0.39 is 0 Å². The van der Waals surface area contributed by atoms with Gasteiger partial charge in [0.25, 0.3) is 0 Å². The summed E-state index contributed by atoms with van der Waals surface area (Å²) in [7, 11) is 1.99. The van der Waals surface area contributed by atoms with Crippen molar-refractivity contribution in [3.63, 3.8) is 0 Å². The lowest BCUT2D eigenvalue weighted by molar-refractivity contribution is 0.793. The molecule has 1 aromatic carbocycles. The molecule has 0 aliphatic rings. The van der Waals surface area contributed by atoms with Gasteiger partial charge in [-0.15, -0.1) is 11.3 Å². The highest BCUT2D eigenvalue weighted by Crippen LogP contribution is 2.28. The van der Waals surface area contributed by atoms with Gasteiger partial charge in [-0.3, -0.25) is 0 Å². The van der Waals surface area contributed by atoms with E-state index in [1.54, 1.807) is 0 Å². The highest BCUT2D eigenvalue weighted by Gasteiger charge is 2.02. The first-order valence-electron chi connectivity index (χ1n) is 5.27. The summed E-state index contributed by atoms with van der Waals surface area (Å²) in [6.07, 6.45) is 1.10. The summed E-state index contributed by atoms with van der Waals surface area (Å²) in [5.74, 6) is 0. The van der Waals surface area contributed by atoms with E-state index in [1.165, 1.54) is 16.0 Å². The molecule has 0 fully saturated rings. The molecule has 1 heterocycles. The normalized spacial score (nSPS) is 10.6. The van der Waals surface area contributed by atoms with Crippen molar-refractivity contribution in [2.45, 2.75) is 6.42 Å². The number of likely N-dealkylation sites (N-methyl/N-ethyl adjacent to an activating group) is 1. The average Bonchev–Trinajstić information content (AvgIpc) is 2.76. The van der Waals surface area contributed by atoms with Crippen LogP contribution in [0.2, 0.25) is 0 Å². The number of rotatable bonds is 4. The molecule has 0 unspecified atom stereocenters. The predicted octanol–water partition coefficient (Wildman–Crippen LogP) is 3.94. The minimum absolute atomic E-state index is 1.04. The van der Waals surface area contributed by atoms with E-state index in [2.05, 4.69) is 57.0 Å². The first kappa shape index (κ1) is 11.8. The molecule has 0 radical (unpaired) electrons. The van der Waals surface area contributed by atoms with Crippen molar-refractivity contribution < 1.29 is 0 Å². The lowest BCUT2D eigenvalue weighted by atomic mass is 10.1. The highest BCUT2D eigenvalue weighted by molar-refractivity contribution is 9.10. The molecule has 1 N–H and O–H groups in total. The zero-order valence-electron chi connectivity index (χ0n) is 9.16. The lowest BCUT2D eigenvalue weighted by Gasteiger charge is -1.97. The molecular formula is C13H14BrNS. The topological polar surface area (TPSA) is 12.0 Å². The maximum absolute atomic E-state index is 3.45. The van der Waals surface area contributed by atoms with Crippen LogP contribution in [0.5, 0.6) is 0 Å². The Morgan fingerprint density at radius 3 is 2.69 bits per heavy atom. The molecule has 84 valence electrons. The van der Waals surface area contributed by atoms with Crippen LogP contribution in [0.25, 0.3) is 10.4 Å². The number of thiophene rings is 1. The molecule has 0 bridgehead atoms. The Kier molecular flexibility index (Phi) is 4.16. The highest BCUT2D eigenvalue weighted by atomic mass is 79.9. The van der Waals surface area contributed by atoms with Gasteiger partial charge >= 0.3 is 0 Å². The number of halogens is 1. The fourth-order valence-corrected chi connectivity index (χ4v) is 2.76. The summed E-state index contributed by atoms with van der Waals surface area (Å²) in [4.78, 5) is 1.35. The summed E-state index contributed by atoms with van der Waals surface area (Å²) in [6.45, 7) is 1.04. The molecule has 0 aliphatic carbocycles. The van der Waals surface area contributed by atoms with Gasteiger partial charge in [0.2, 0.25) is 0 Å². The zero-order chi connectivity index (χ0) is 11.4. The maximum atomic E-state index is 3.45. The van der Waals surface area contributed by atoms with Crippen LogP contribution in [0.1, 0.15) is 5.56 Å². The Bertz CT molecular complexity index is 447. The van der Waals surface area contributed by atoms with Crippen LogP contribution in [0.15, 0.2) is 40.2 Å². The predicted molar refractivity (Wildman–Crippen MR) is 75.1 cm³/mol. The second-order valence-electron chi connectivity index (χ2n) is 3.68. The Morgan fingerprint density at radius 1 is 1.25 bits per heavy atom. The largest absolute Gasteiger partial charge is 0.319 e. The SMILES string of the molecule is CNCCc1csc(-c2ccc(Br)cc2)c1. The number of nitrogens with one attached hydrogen (secondary N) is 1. The van der Waals surface area contributed by atoms with Crippen molar-refractivity contribution in [3.05, 3.63) is 45.7 Å². The minimum Gasteiger partial charge on any atom is -0.319 e. The van der Waals surface area contributed by atoms with Crippen LogP contribution in [0.4, 0.5) is 0 Å². The van der Waals surface area contributed by atoms with Crippen molar-refractivity contribution in [2.75, 3.05) is 13.6 Å². The van der Waals surface area contributed by atoms with Crippen LogP contribution in [-0.4, -0.2) is 13.6 Å². The van der Waals surface area contributed by atoms with Crippen LogP contribution in [0.3, 0.4) is 0 Å². The number of hydrogen-bond donors (Lipinski definition) is 1. The van der Waals surface area contributed by atoms with Crippen LogP contribution in [-0.2, 0) is 6.42 Å². The van der Waals surface area contributed by atoms with Gasteiger partial charge in [0.1, 0.15) is 0 Å². The summed E-state index contributed by atoms with van der Waals surface area (Å²) in [5, 5.41) is 5.42. The number of benzene rings is 1. The molecule has 0 amide bonds. The quantitative estimate of drug-likeness (QED) is 0.901. The monoisotopic (exact) mass is 295 g/mol. The van der Waals surface area contributed by atoms with Gasteiger partial charge in [0.15, 0.2) is 0 Å². The van der Waals surface area contributed by atoms with Crippen LogP contribution < -0.4 is 5.32 Å². The number of hydrogen-bond acceptors (Lipinski definition) is 2. The second-order valence-corrected chi connectivity index (χ2v) is 5.51. The van der Waals surface area contributed by atoms with Crippen LogP contribution >= 0.6 is 27.3 Å². The van der Waals surface area contributed by atoms with Crippen molar-refractivity contribution in [1.82, 2.24) is 5.32 Å². The van der Waals surface area contributed by atoms with Crippen molar-refractivity contribution in [3.8, 4) is 10.4 Å². The van der Waals surface area contributed by atoms with Crippen molar-refractivity contribution in [2.24, 2.45) is 0 Å². The summed E-state index contributed by atoms with van der Waals surface area (Å²) in [6, 6.07) is 10.8. The second kappa shape index (κ2) is 5.62. The zero-order valence-corrected chi connectivity index (χ0v) is 11.6. The van der Waals surface area contributed by atoms with Gasteiger partial charge in [0.05, 0.1) is 0 Å². The molecule has 0 saturated heterocycles. The van der Waals surface area contributed by atoms with Gasteiger partial charge < -0.3 is 5.32 Å². The van der Waals surface area contributed by atoms with E-state index in [0.717, 1.165) is 17.4 Å². The minimum atomic E-state index is 1.04. The Balaban J connectivity index is 2.15. The molecule has 2 aromatic rings. The standard InChI is InChI=1S/C13H14BrNS/c1-15-7-6-10-8-13(16-9-10)11-2-4-12(14)5-3-11/h2-5,8-9,15H,6-7H2,1H3. The Morgan fingerprint density at radius 2 is 2.00 bits per heavy atom. The average molecular weight is 296 g/mol. The maximum Gasteiger partial charge on any atom is 0.0345 e. The summed E-state index contributed by atoms with van der Waals surface area (Å²) >= 11 is 5.27. The molecular weight excluding hydrogens is 282 g/mol. The van der Waals surface area contributed by atoms with Gasteiger partial charge in [0, 0.05) is 9.35 Å². The first-order chi connectivity index (χ1) is 7.79. The van der Waals surface area contributed by atoms with Crippen molar-refractivity contribution >= 4 is 27.3 Å². The molecule has 0 atom stereocenters. The van der Waals surface area contributed by atoms with Gasteiger partial charge in [-0.1, -0.05) is 28.1 Å². The summed E-state index contributed by atoms with van der Waals surface area (Å²) < 4.78 is 1.13. The van der Waals surface area contributed by atoms with E-state index in [1.807, 2.05) is 18.4 Å². The van der Waals surface area contributed by atoms with E-state index >= 15 is 0 Å². The molecule has 1 aromatic heterocycles. The van der Waals surface area contributed by atoms with Gasteiger partial charge in [-0.05, 0) is 54.7 Å². The van der Waals surface area contributed by atoms with Gasteiger partial charge in [-0.2, -0.15) is 0 Å². The van der Waals surface area contributed by atoms with E-state index in [0.29, 0.717) is 0 Å². The Labute approximate surface area is 109 Å². The van der Waals surface area contributed by atoms with Crippen molar-refractivity contribution in [1.29, 1.82) is 0 Å². The Hall–Kier alpha value is -0.640. The van der Waals surface area contributed by atoms with Gasteiger partial charge in [-0.25, -0.2) is 0 Å². The molecule has 0 saturated carbocycles. The van der Waals surface area contributed by atoms with E-state index in [9.17, 15) is 0 Å². The van der Waals surface area contributed by atoms with E-state index in [-0.39, 0.29) is 0 Å². The fourth-order valence-electron chi connectivity index (χ4n) is 1.54. The molecule has 1 nitrogen and oxygen atoms in total.